The summed E-state index contributed by atoms with van der Waals surface area (Å²) in [6, 6.07) is 4.84. The number of carbonyl (C=O) groups excluding carboxylic acids is 4. The third-order valence-corrected chi connectivity index (χ3v) is 9.41. The summed E-state index contributed by atoms with van der Waals surface area (Å²) in [6.45, 7) is 2.06. The van der Waals surface area contributed by atoms with Crippen LogP contribution in [0.2, 0.25) is 0 Å². The van der Waals surface area contributed by atoms with E-state index in [-0.39, 0.29) is 41.3 Å². The molecule has 4 amide bonds. The lowest BCUT2D eigenvalue weighted by atomic mass is 9.56. The van der Waals surface area contributed by atoms with Gasteiger partial charge in [-0.15, -0.1) is 23.2 Å². The number of phenolic OH excluding ortho intramolecular Hbond substituents is 1. The van der Waals surface area contributed by atoms with Gasteiger partial charge in [-0.3, -0.25) is 29.4 Å². The van der Waals surface area contributed by atoms with Crippen LogP contribution in [0.5, 0.6) is 11.5 Å². The van der Waals surface area contributed by atoms with Gasteiger partial charge >= 0.3 is 0 Å². The van der Waals surface area contributed by atoms with Crippen molar-refractivity contribution in [2.75, 3.05) is 12.1 Å². The van der Waals surface area contributed by atoms with E-state index in [0.717, 1.165) is 4.90 Å². The van der Waals surface area contributed by atoms with Crippen molar-refractivity contribution in [3.05, 3.63) is 35.4 Å². The third-order valence-electron chi connectivity index (χ3n) is 7.50. The number of likely N-dealkylation sites (tertiary alicyclic amines) is 1. The molecular formula is C23H21BrCl2N2O6. The Labute approximate surface area is 213 Å². The predicted molar refractivity (Wildman–Crippen MR) is 126 cm³/mol. The number of nitrogens with one attached hydrogen (secondary N) is 1. The first-order chi connectivity index (χ1) is 16.1. The van der Waals surface area contributed by atoms with Crippen molar-refractivity contribution in [1.82, 2.24) is 10.2 Å². The fourth-order valence-electron chi connectivity index (χ4n) is 6.05. The highest BCUT2D eigenvalue weighted by Crippen LogP contribution is 2.66. The van der Waals surface area contributed by atoms with Crippen molar-refractivity contribution in [1.29, 1.82) is 0 Å². The minimum Gasteiger partial charge on any atom is -0.504 e. The number of rotatable bonds is 4. The number of para-hydroxylation sites is 1. The lowest BCUT2D eigenvalue weighted by Crippen LogP contribution is -2.60. The number of hydrogen-bond acceptors (Lipinski definition) is 6. The molecule has 34 heavy (non-hydrogen) atoms. The van der Waals surface area contributed by atoms with E-state index in [1.807, 2.05) is 0 Å². The van der Waals surface area contributed by atoms with Crippen LogP contribution >= 0.6 is 39.1 Å². The van der Waals surface area contributed by atoms with Gasteiger partial charge in [-0.05, 0) is 31.7 Å². The third kappa shape index (κ3) is 2.83. The first-order valence-electron chi connectivity index (χ1n) is 10.9. The smallest absolute Gasteiger partial charge is 0.254 e. The number of alkyl halides is 3. The van der Waals surface area contributed by atoms with Gasteiger partial charge in [-0.2, -0.15) is 0 Å². The standard InChI is InChI=1S/C23H21BrCl2N2O6/c1-2-34-14-5-3-4-12(17(14)29)16-10-6-7-11-15(19(31)27-18(11)30)13(10)8-22(25)20(32)28(9-24)21(33)23(16,22)26/h3-6,11,13,15-16,29H,2,7-9H2,1H3,(H,27,30,31)/t11-,13+,15-,16+,22+,23-/m0/s1. The van der Waals surface area contributed by atoms with Crippen molar-refractivity contribution >= 4 is 62.8 Å². The fraction of sp³-hybridized carbons (Fsp3) is 0.478. The molecule has 1 saturated carbocycles. The van der Waals surface area contributed by atoms with Gasteiger partial charge in [0.05, 0.1) is 23.9 Å². The molecule has 5 rings (SSSR count). The molecule has 180 valence electrons. The highest BCUT2D eigenvalue weighted by atomic mass is 79.9. The molecule has 2 aliphatic heterocycles. The molecule has 2 N–H and O–H groups in total. The molecule has 0 spiro atoms. The highest BCUT2D eigenvalue weighted by Gasteiger charge is 2.76. The van der Waals surface area contributed by atoms with Crippen LogP contribution in [-0.2, 0) is 19.2 Å². The largest absolute Gasteiger partial charge is 0.504 e. The summed E-state index contributed by atoms with van der Waals surface area (Å²) >= 11 is 17.3. The lowest BCUT2D eigenvalue weighted by Gasteiger charge is -2.50. The number of benzene rings is 1. The van der Waals surface area contributed by atoms with E-state index in [4.69, 9.17) is 27.9 Å². The van der Waals surface area contributed by atoms with Crippen molar-refractivity contribution < 1.29 is 29.0 Å². The van der Waals surface area contributed by atoms with Crippen molar-refractivity contribution in [3.63, 3.8) is 0 Å². The molecule has 3 fully saturated rings. The Hall–Kier alpha value is -2.10. The van der Waals surface area contributed by atoms with E-state index in [1.165, 1.54) is 0 Å². The average molecular weight is 572 g/mol. The van der Waals surface area contributed by atoms with Crippen LogP contribution in [-0.4, -0.2) is 55.4 Å². The van der Waals surface area contributed by atoms with Crippen molar-refractivity contribution in [2.45, 2.75) is 35.4 Å². The number of amides is 4. The van der Waals surface area contributed by atoms with Crippen LogP contribution in [0, 0.1) is 17.8 Å². The summed E-state index contributed by atoms with van der Waals surface area (Å²) in [7, 11) is 0. The van der Waals surface area contributed by atoms with E-state index < -0.39 is 51.1 Å². The molecule has 11 heteroatoms. The molecule has 2 saturated heterocycles. The van der Waals surface area contributed by atoms with E-state index in [0.29, 0.717) is 12.2 Å². The number of fused-ring (bicyclic) bond motifs is 4. The molecule has 0 unspecified atom stereocenters. The molecule has 2 aliphatic carbocycles. The first kappa shape index (κ1) is 23.6. The molecule has 0 radical (unpaired) electrons. The second kappa shape index (κ2) is 7.96. The van der Waals surface area contributed by atoms with E-state index in [9.17, 15) is 24.3 Å². The highest BCUT2D eigenvalue weighted by molar-refractivity contribution is 9.09. The molecule has 8 nitrogen and oxygen atoms in total. The Morgan fingerprint density at radius 1 is 1.18 bits per heavy atom. The van der Waals surface area contributed by atoms with Crippen molar-refractivity contribution in [2.24, 2.45) is 17.8 Å². The summed E-state index contributed by atoms with van der Waals surface area (Å²) in [5.41, 5.74) is 0.765. The average Bonchev–Trinajstić information content (AvgIpc) is 3.17. The van der Waals surface area contributed by atoms with Crippen LogP contribution in [0.1, 0.15) is 31.2 Å². The number of imide groups is 2. The van der Waals surface area contributed by atoms with E-state index in [1.54, 1.807) is 31.2 Å². The summed E-state index contributed by atoms with van der Waals surface area (Å²) in [6.07, 6.45) is 1.97. The quantitative estimate of drug-likeness (QED) is 0.249. The maximum atomic E-state index is 13.6. The zero-order chi connectivity index (χ0) is 24.6. The lowest BCUT2D eigenvalue weighted by molar-refractivity contribution is -0.138. The van der Waals surface area contributed by atoms with Crippen LogP contribution in [0.15, 0.2) is 29.8 Å². The van der Waals surface area contributed by atoms with E-state index in [2.05, 4.69) is 21.2 Å². The molecular weight excluding hydrogens is 551 g/mol. The van der Waals surface area contributed by atoms with Crippen LogP contribution in [0.25, 0.3) is 0 Å². The van der Waals surface area contributed by atoms with Gasteiger partial charge in [0, 0.05) is 11.5 Å². The van der Waals surface area contributed by atoms with Crippen LogP contribution in [0.4, 0.5) is 0 Å². The van der Waals surface area contributed by atoms with Gasteiger partial charge in [0.25, 0.3) is 11.8 Å². The molecule has 2 heterocycles. The van der Waals surface area contributed by atoms with Gasteiger partial charge < -0.3 is 9.84 Å². The van der Waals surface area contributed by atoms with Crippen LogP contribution < -0.4 is 10.1 Å². The number of ether oxygens (including phenoxy) is 1. The molecule has 0 bridgehead atoms. The van der Waals surface area contributed by atoms with Crippen molar-refractivity contribution in [3.8, 4) is 11.5 Å². The minimum absolute atomic E-state index is 0.0950. The predicted octanol–water partition coefficient (Wildman–Crippen LogP) is 2.79. The summed E-state index contributed by atoms with van der Waals surface area (Å²) < 4.78 is 5.54. The number of nitrogens with zero attached hydrogens (tertiary/aromatic N) is 1. The number of allylic oxidation sites excluding steroid dienone is 2. The summed E-state index contributed by atoms with van der Waals surface area (Å²) in [4.78, 5) is 49.3. The van der Waals surface area contributed by atoms with Gasteiger partial charge in [0.1, 0.15) is 0 Å². The summed E-state index contributed by atoms with van der Waals surface area (Å²) in [5, 5.41) is 13.5. The Kier molecular flexibility index (Phi) is 5.53. The maximum Gasteiger partial charge on any atom is 0.254 e. The Balaban J connectivity index is 1.77. The van der Waals surface area contributed by atoms with Gasteiger partial charge in [0.2, 0.25) is 11.8 Å². The maximum absolute atomic E-state index is 13.6. The number of carbonyl (C=O) groups is 4. The van der Waals surface area contributed by atoms with E-state index >= 15 is 0 Å². The summed E-state index contributed by atoms with van der Waals surface area (Å²) in [5.74, 6) is -5.19. The number of phenols is 1. The molecule has 1 aromatic rings. The normalized spacial score (nSPS) is 36.6. The SMILES string of the molecule is CCOc1cccc([C@H]2C3=CC[C@@H]4C(=O)NC(=O)[C@@H]4[C@@H]3C[C@@]3(Cl)C(=O)N(CBr)C(=O)[C@@]23Cl)c1O. The first-order valence-corrected chi connectivity index (χ1v) is 12.8. The van der Waals surface area contributed by atoms with Gasteiger partial charge in [-0.1, -0.05) is 39.7 Å². The topological polar surface area (TPSA) is 113 Å². The van der Waals surface area contributed by atoms with Crippen LogP contribution in [0.3, 0.4) is 0 Å². The Morgan fingerprint density at radius 2 is 1.91 bits per heavy atom. The monoisotopic (exact) mass is 570 g/mol. The second-order valence-electron chi connectivity index (χ2n) is 8.97. The number of halogens is 3. The molecule has 6 atom stereocenters. The zero-order valence-corrected chi connectivity index (χ0v) is 21.1. The second-order valence-corrected chi connectivity index (χ2v) is 10.7. The Bertz CT molecular complexity index is 1170. The minimum atomic E-state index is -1.96. The van der Waals surface area contributed by atoms with Gasteiger partial charge in [0.15, 0.2) is 21.2 Å². The number of hydrogen-bond donors (Lipinski definition) is 2. The molecule has 0 aromatic heterocycles. The fourth-order valence-corrected chi connectivity index (χ4v) is 7.47. The zero-order valence-electron chi connectivity index (χ0n) is 18.0. The Morgan fingerprint density at radius 3 is 2.59 bits per heavy atom. The number of aromatic hydroxyl groups is 1. The van der Waals surface area contributed by atoms with Gasteiger partial charge in [-0.25, -0.2) is 0 Å². The molecule has 4 aliphatic rings. The molecule has 1 aromatic carbocycles.